The number of benzene rings is 1. The van der Waals surface area contributed by atoms with E-state index in [1.54, 1.807) is 9.13 Å². The number of aryl methyl sites for hydroxylation is 2. The van der Waals surface area contributed by atoms with E-state index in [4.69, 9.17) is 4.74 Å². The van der Waals surface area contributed by atoms with Crippen LogP contribution in [0.15, 0.2) is 29.1 Å². The van der Waals surface area contributed by atoms with Gasteiger partial charge in [-0.1, -0.05) is 19.1 Å². The Hall–Kier alpha value is -2.08. The molecule has 0 aliphatic carbocycles. The molecule has 0 saturated carbocycles. The Balaban J connectivity index is 1.99. The van der Waals surface area contributed by atoms with E-state index in [1.807, 2.05) is 38.1 Å². The third-order valence-corrected chi connectivity index (χ3v) is 3.93. The topological polar surface area (TPSA) is 65.3 Å². The quantitative estimate of drug-likeness (QED) is 0.678. The zero-order valence-corrected chi connectivity index (χ0v) is 14.6. The zero-order chi connectivity index (χ0) is 17.4. The number of rotatable bonds is 10. The number of nitrogens with one attached hydrogen (secondary N) is 1. The molecule has 0 fully saturated rings. The van der Waals surface area contributed by atoms with Gasteiger partial charge < -0.3 is 10.1 Å². The first-order valence-corrected chi connectivity index (χ1v) is 8.71. The van der Waals surface area contributed by atoms with Crippen LogP contribution in [0.5, 0.6) is 0 Å². The van der Waals surface area contributed by atoms with Crippen molar-refractivity contribution < 1.29 is 9.53 Å². The highest BCUT2D eigenvalue weighted by Gasteiger charge is 2.13. The summed E-state index contributed by atoms with van der Waals surface area (Å²) in [5.41, 5.74) is 1.78. The third-order valence-electron chi connectivity index (χ3n) is 3.93. The maximum atomic E-state index is 12.6. The molecule has 24 heavy (non-hydrogen) atoms. The number of fused-ring (bicyclic) bond motifs is 1. The average Bonchev–Trinajstić information content (AvgIpc) is 2.85. The second-order valence-electron chi connectivity index (χ2n) is 5.72. The Morgan fingerprint density at radius 1 is 1.12 bits per heavy atom. The predicted octanol–water partition coefficient (Wildman–Crippen LogP) is 2.15. The minimum atomic E-state index is -0.0396. The lowest BCUT2D eigenvalue weighted by molar-refractivity contribution is -0.121. The number of carbonyl (C=O) groups is 1. The van der Waals surface area contributed by atoms with Crippen LogP contribution in [-0.2, 0) is 22.6 Å². The van der Waals surface area contributed by atoms with Crippen LogP contribution in [0.3, 0.4) is 0 Å². The van der Waals surface area contributed by atoms with Crippen LogP contribution in [0.1, 0.15) is 33.1 Å². The molecule has 1 aromatic carbocycles. The van der Waals surface area contributed by atoms with E-state index >= 15 is 0 Å². The molecule has 2 rings (SSSR count). The Labute approximate surface area is 142 Å². The van der Waals surface area contributed by atoms with E-state index in [0.717, 1.165) is 23.9 Å². The number of carbonyl (C=O) groups excluding carboxylic acids is 1. The van der Waals surface area contributed by atoms with Gasteiger partial charge in [-0.2, -0.15) is 0 Å². The first-order valence-electron chi connectivity index (χ1n) is 8.71. The van der Waals surface area contributed by atoms with E-state index in [0.29, 0.717) is 39.3 Å². The second-order valence-corrected chi connectivity index (χ2v) is 5.72. The van der Waals surface area contributed by atoms with Crippen molar-refractivity contribution in [3.8, 4) is 0 Å². The van der Waals surface area contributed by atoms with Crippen molar-refractivity contribution in [3.05, 3.63) is 34.7 Å². The van der Waals surface area contributed by atoms with E-state index < -0.39 is 0 Å². The lowest BCUT2D eigenvalue weighted by Crippen LogP contribution is -2.29. The highest BCUT2D eigenvalue weighted by Crippen LogP contribution is 2.13. The number of aromatic nitrogens is 2. The van der Waals surface area contributed by atoms with Crippen molar-refractivity contribution in [3.63, 3.8) is 0 Å². The van der Waals surface area contributed by atoms with E-state index in [2.05, 4.69) is 5.32 Å². The van der Waals surface area contributed by atoms with Crippen LogP contribution in [0.25, 0.3) is 11.0 Å². The van der Waals surface area contributed by atoms with Crippen molar-refractivity contribution in [1.29, 1.82) is 0 Å². The van der Waals surface area contributed by atoms with Gasteiger partial charge in [-0.05, 0) is 31.9 Å². The molecule has 0 aliphatic heterocycles. The largest absolute Gasteiger partial charge is 0.382 e. The average molecular weight is 333 g/mol. The number of ether oxygens (including phenoxy) is 1. The van der Waals surface area contributed by atoms with E-state index in [9.17, 15) is 9.59 Å². The van der Waals surface area contributed by atoms with Gasteiger partial charge in [-0.15, -0.1) is 0 Å². The normalized spacial score (nSPS) is 11.1. The Kier molecular flexibility index (Phi) is 7.06. The highest BCUT2D eigenvalue weighted by atomic mass is 16.5. The predicted molar refractivity (Wildman–Crippen MR) is 95.2 cm³/mol. The molecule has 0 saturated heterocycles. The van der Waals surface area contributed by atoms with Gasteiger partial charge in [0.1, 0.15) is 0 Å². The van der Waals surface area contributed by atoms with Crippen molar-refractivity contribution >= 4 is 16.9 Å². The van der Waals surface area contributed by atoms with Gasteiger partial charge in [0.25, 0.3) is 0 Å². The Morgan fingerprint density at radius 3 is 2.42 bits per heavy atom. The van der Waals surface area contributed by atoms with Crippen LogP contribution < -0.4 is 11.0 Å². The monoisotopic (exact) mass is 333 g/mol. The number of hydrogen-bond acceptors (Lipinski definition) is 3. The first kappa shape index (κ1) is 18.3. The van der Waals surface area contributed by atoms with Crippen LogP contribution in [-0.4, -0.2) is 34.8 Å². The van der Waals surface area contributed by atoms with Crippen LogP contribution in [0.2, 0.25) is 0 Å². The van der Waals surface area contributed by atoms with Gasteiger partial charge >= 0.3 is 5.69 Å². The summed E-state index contributed by atoms with van der Waals surface area (Å²) < 4.78 is 8.72. The minimum Gasteiger partial charge on any atom is -0.382 e. The fourth-order valence-corrected chi connectivity index (χ4v) is 2.78. The molecule has 2 aromatic rings. The summed E-state index contributed by atoms with van der Waals surface area (Å²) in [6, 6.07) is 7.74. The molecule has 1 heterocycles. The molecular weight excluding hydrogens is 306 g/mol. The molecule has 0 atom stereocenters. The molecule has 0 bridgehead atoms. The summed E-state index contributed by atoms with van der Waals surface area (Å²) in [5.74, 6) is -0.0364. The maximum absolute atomic E-state index is 12.6. The van der Waals surface area contributed by atoms with Crippen molar-refractivity contribution in [2.45, 2.75) is 46.2 Å². The van der Waals surface area contributed by atoms with Crippen LogP contribution in [0, 0.1) is 0 Å². The molecule has 1 aromatic heterocycles. The van der Waals surface area contributed by atoms with Crippen molar-refractivity contribution in [2.24, 2.45) is 0 Å². The van der Waals surface area contributed by atoms with Gasteiger partial charge in [0.2, 0.25) is 5.91 Å². The number of nitrogens with zero attached hydrogens (tertiary/aromatic N) is 2. The number of amides is 1. The minimum absolute atomic E-state index is 0.0364. The maximum Gasteiger partial charge on any atom is 0.329 e. The molecule has 0 unspecified atom stereocenters. The summed E-state index contributed by atoms with van der Waals surface area (Å²) in [6.45, 7) is 7.04. The third kappa shape index (κ3) is 4.47. The molecular formula is C18H27N3O3. The fourth-order valence-electron chi connectivity index (χ4n) is 2.78. The smallest absolute Gasteiger partial charge is 0.329 e. The molecule has 6 heteroatoms. The molecule has 0 spiro atoms. The molecule has 1 amide bonds. The molecule has 132 valence electrons. The van der Waals surface area contributed by atoms with Gasteiger partial charge in [0.15, 0.2) is 0 Å². The summed E-state index contributed by atoms with van der Waals surface area (Å²) in [5, 5.41) is 2.87. The number of hydrogen-bond donors (Lipinski definition) is 1. The Bertz CT molecular complexity index is 718. The Morgan fingerprint density at radius 2 is 1.79 bits per heavy atom. The molecule has 1 N–H and O–H groups in total. The van der Waals surface area contributed by atoms with Crippen LogP contribution in [0.4, 0.5) is 0 Å². The summed E-state index contributed by atoms with van der Waals surface area (Å²) in [7, 11) is 0. The second kappa shape index (κ2) is 9.27. The lowest BCUT2D eigenvalue weighted by Gasteiger charge is -2.06. The highest BCUT2D eigenvalue weighted by molar-refractivity contribution is 5.77. The standard InChI is InChI=1S/C18H27N3O3/c1-3-12-20-15-8-5-6-9-16(15)21(18(20)23)13-10-17(22)19-11-7-14-24-4-2/h5-6,8-9H,3-4,7,10-14H2,1-2H3,(H,19,22). The molecule has 6 nitrogen and oxygen atoms in total. The summed E-state index contributed by atoms with van der Waals surface area (Å²) >= 11 is 0. The lowest BCUT2D eigenvalue weighted by atomic mass is 10.3. The van der Waals surface area contributed by atoms with Crippen LogP contribution >= 0.6 is 0 Å². The molecule has 0 radical (unpaired) electrons. The van der Waals surface area contributed by atoms with E-state index in [-0.39, 0.29) is 11.6 Å². The SMILES string of the molecule is CCCn1c(=O)n(CCC(=O)NCCCOCC)c2ccccc21. The van der Waals surface area contributed by atoms with Crippen molar-refractivity contribution in [1.82, 2.24) is 14.5 Å². The first-order chi connectivity index (χ1) is 11.7. The van der Waals surface area contributed by atoms with E-state index in [1.165, 1.54) is 0 Å². The fraction of sp³-hybridized carbons (Fsp3) is 0.556. The van der Waals surface area contributed by atoms with Gasteiger partial charge in [-0.25, -0.2) is 4.79 Å². The summed E-state index contributed by atoms with van der Waals surface area (Å²) in [6.07, 6.45) is 2.00. The number of para-hydroxylation sites is 2. The van der Waals surface area contributed by atoms with Gasteiger partial charge in [0, 0.05) is 39.3 Å². The van der Waals surface area contributed by atoms with Gasteiger partial charge in [0.05, 0.1) is 11.0 Å². The van der Waals surface area contributed by atoms with Crippen molar-refractivity contribution in [2.75, 3.05) is 19.8 Å². The number of imidazole rings is 1. The molecule has 0 aliphatic rings. The zero-order valence-electron chi connectivity index (χ0n) is 14.6. The summed E-state index contributed by atoms with van der Waals surface area (Å²) in [4.78, 5) is 24.6. The van der Waals surface area contributed by atoms with Gasteiger partial charge in [-0.3, -0.25) is 13.9 Å².